The first kappa shape index (κ1) is 21.7. The van der Waals surface area contributed by atoms with Crippen molar-refractivity contribution in [1.29, 1.82) is 0 Å². The van der Waals surface area contributed by atoms with Crippen molar-refractivity contribution in [3.8, 4) is 0 Å². The molecule has 0 saturated carbocycles. The highest BCUT2D eigenvalue weighted by Gasteiger charge is 2.30. The van der Waals surface area contributed by atoms with Crippen LogP contribution in [0.3, 0.4) is 0 Å². The van der Waals surface area contributed by atoms with Crippen LogP contribution in [0.5, 0.6) is 0 Å². The van der Waals surface area contributed by atoms with Crippen molar-refractivity contribution in [2.45, 2.75) is 59.0 Å². The van der Waals surface area contributed by atoms with Crippen molar-refractivity contribution >= 4 is 32.1 Å². The molecule has 0 aromatic heterocycles. The fraction of sp³-hybridized carbons (Fsp3) is 0.786. The molecule has 0 aromatic rings. The number of esters is 1. The predicted octanol–water partition coefficient (Wildman–Crippen LogP) is 3.32. The molecule has 0 aromatic carbocycles. The van der Waals surface area contributed by atoms with Gasteiger partial charge in [-0.05, 0) is 59.0 Å². The van der Waals surface area contributed by atoms with Crippen LogP contribution in [0.15, 0.2) is 12.2 Å². The maximum atomic E-state index is 11.2. The molecule has 0 radical (unpaired) electrons. The Kier molecular flexibility index (Phi) is 9.67. The lowest BCUT2D eigenvalue weighted by atomic mass is 10.3. The molecule has 0 atom stereocenters. The first-order valence-corrected chi connectivity index (χ1v) is 15.9. The van der Waals surface area contributed by atoms with Gasteiger partial charge in [0.25, 0.3) is 0 Å². The van der Waals surface area contributed by atoms with Crippen molar-refractivity contribution < 1.29 is 22.2 Å². The monoisotopic (exact) mass is 364 g/mol. The Hall–Kier alpha value is -0.259. The number of ether oxygens (including phenoxy) is 1. The lowest BCUT2D eigenvalue weighted by Gasteiger charge is -2.29. The Balaban J connectivity index is 4.03. The highest BCUT2D eigenvalue weighted by molar-refractivity contribution is 6.79. The molecule has 5 nitrogen and oxygen atoms in total. The standard InChI is InChI=1S/C14H32O5Si3/c1-13(2)14(15)16-11-9-10-12-17-20(18-21(3,4)5)19-22(6,7)8/h20H,1,9-12H2,2-8H3. The van der Waals surface area contributed by atoms with E-state index in [1.54, 1.807) is 6.92 Å². The van der Waals surface area contributed by atoms with Gasteiger partial charge in [-0.2, -0.15) is 0 Å². The first-order valence-electron chi connectivity index (χ1n) is 7.70. The van der Waals surface area contributed by atoms with E-state index in [4.69, 9.17) is 17.4 Å². The van der Waals surface area contributed by atoms with E-state index in [2.05, 4.69) is 45.9 Å². The molecule has 0 aliphatic heterocycles. The van der Waals surface area contributed by atoms with E-state index in [-0.39, 0.29) is 5.97 Å². The molecule has 0 amide bonds. The molecule has 0 aliphatic rings. The van der Waals surface area contributed by atoms with Crippen molar-refractivity contribution in [3.05, 3.63) is 12.2 Å². The largest absolute Gasteiger partial charge is 0.463 e. The molecule has 0 N–H and O–H groups in total. The van der Waals surface area contributed by atoms with Crippen LogP contribution in [0.2, 0.25) is 39.3 Å². The third-order valence-electron chi connectivity index (χ3n) is 2.27. The second-order valence-corrected chi connectivity index (χ2v) is 18.5. The summed E-state index contributed by atoms with van der Waals surface area (Å²) in [6.45, 7) is 19.0. The summed E-state index contributed by atoms with van der Waals surface area (Å²) in [6.07, 6.45) is 1.58. The fourth-order valence-corrected chi connectivity index (χ4v) is 7.49. The summed E-state index contributed by atoms with van der Waals surface area (Å²) < 4.78 is 23.0. The number of unbranched alkanes of at least 4 members (excludes halogenated alkanes) is 1. The molecule has 130 valence electrons. The van der Waals surface area contributed by atoms with Gasteiger partial charge in [0.2, 0.25) is 0 Å². The minimum absolute atomic E-state index is 0.336. The number of hydrogen-bond donors (Lipinski definition) is 0. The normalized spacial score (nSPS) is 12.5. The minimum atomic E-state index is -2.07. The van der Waals surface area contributed by atoms with Crippen molar-refractivity contribution in [1.82, 2.24) is 0 Å². The quantitative estimate of drug-likeness (QED) is 0.244. The Morgan fingerprint density at radius 1 is 0.955 bits per heavy atom. The summed E-state index contributed by atoms with van der Waals surface area (Å²) in [7, 11) is -5.41. The first-order chi connectivity index (χ1) is 9.91. The van der Waals surface area contributed by atoms with Crippen LogP contribution in [0.1, 0.15) is 19.8 Å². The maximum Gasteiger partial charge on any atom is 0.463 e. The van der Waals surface area contributed by atoms with E-state index in [1.165, 1.54) is 0 Å². The third-order valence-corrected chi connectivity index (χ3v) is 9.98. The summed E-state index contributed by atoms with van der Waals surface area (Å²) in [6, 6.07) is 0. The molecule has 0 unspecified atom stereocenters. The van der Waals surface area contributed by atoms with Crippen LogP contribution in [0.4, 0.5) is 0 Å². The molecular weight excluding hydrogens is 332 g/mol. The molecular formula is C14H32O5Si3. The van der Waals surface area contributed by atoms with E-state index in [1.807, 2.05) is 0 Å². The Bertz CT molecular complexity index is 344. The molecule has 0 fully saturated rings. The van der Waals surface area contributed by atoms with Gasteiger partial charge in [0.05, 0.1) is 6.61 Å². The minimum Gasteiger partial charge on any atom is -0.462 e. The van der Waals surface area contributed by atoms with Gasteiger partial charge < -0.3 is 17.4 Å². The summed E-state index contributed by atoms with van der Waals surface area (Å²) in [4.78, 5) is 11.2. The van der Waals surface area contributed by atoms with Gasteiger partial charge in [0.1, 0.15) is 0 Å². The van der Waals surface area contributed by atoms with E-state index in [9.17, 15) is 4.79 Å². The van der Waals surface area contributed by atoms with Gasteiger partial charge in [0.15, 0.2) is 16.6 Å². The van der Waals surface area contributed by atoms with Crippen molar-refractivity contribution in [2.75, 3.05) is 13.2 Å². The Labute approximate surface area is 139 Å². The zero-order valence-electron chi connectivity index (χ0n) is 15.2. The van der Waals surface area contributed by atoms with Crippen LogP contribution in [0.25, 0.3) is 0 Å². The predicted molar refractivity (Wildman–Crippen MR) is 97.0 cm³/mol. The van der Waals surface area contributed by atoms with Gasteiger partial charge in [-0.1, -0.05) is 6.58 Å². The number of rotatable bonds is 11. The summed E-state index contributed by atoms with van der Waals surface area (Å²) in [5.41, 5.74) is 0.427. The second kappa shape index (κ2) is 9.78. The van der Waals surface area contributed by atoms with Crippen molar-refractivity contribution in [3.63, 3.8) is 0 Å². The van der Waals surface area contributed by atoms with Gasteiger partial charge in [-0.25, -0.2) is 4.79 Å². The van der Waals surface area contributed by atoms with E-state index in [0.717, 1.165) is 12.8 Å². The fourth-order valence-electron chi connectivity index (χ4n) is 1.34. The molecule has 0 heterocycles. The van der Waals surface area contributed by atoms with E-state index < -0.39 is 26.2 Å². The van der Waals surface area contributed by atoms with Crippen molar-refractivity contribution in [2.24, 2.45) is 0 Å². The Morgan fingerprint density at radius 2 is 1.41 bits per heavy atom. The van der Waals surface area contributed by atoms with Crippen LogP contribution in [-0.2, 0) is 22.2 Å². The average Bonchev–Trinajstić information content (AvgIpc) is 2.28. The summed E-state index contributed by atoms with van der Waals surface area (Å²) >= 11 is 0. The van der Waals surface area contributed by atoms with Crippen LogP contribution < -0.4 is 0 Å². The summed E-state index contributed by atoms with van der Waals surface area (Å²) in [5, 5.41) is 0. The van der Waals surface area contributed by atoms with E-state index >= 15 is 0 Å². The molecule has 0 saturated heterocycles. The van der Waals surface area contributed by atoms with Gasteiger partial charge in [-0.15, -0.1) is 0 Å². The molecule has 0 bridgehead atoms. The van der Waals surface area contributed by atoms with Gasteiger partial charge >= 0.3 is 15.5 Å². The SMILES string of the molecule is C=C(C)C(=O)OCCCCO[SiH](O[Si](C)(C)C)O[Si](C)(C)C. The molecule has 8 heteroatoms. The zero-order valence-corrected chi connectivity index (χ0v) is 18.3. The molecule has 0 spiro atoms. The number of carbonyl (C=O) groups excluding carboxylic acids is 1. The molecule has 22 heavy (non-hydrogen) atoms. The maximum absolute atomic E-state index is 11.2. The topological polar surface area (TPSA) is 54.0 Å². The number of carbonyl (C=O) groups is 1. The van der Waals surface area contributed by atoms with Gasteiger partial charge in [-0.3, -0.25) is 0 Å². The summed E-state index contributed by atoms with van der Waals surface area (Å²) in [5.74, 6) is -0.336. The smallest absolute Gasteiger partial charge is 0.462 e. The highest BCUT2D eigenvalue weighted by atomic mass is 28.5. The zero-order chi connectivity index (χ0) is 17.4. The molecule has 0 aliphatic carbocycles. The highest BCUT2D eigenvalue weighted by Crippen LogP contribution is 2.13. The van der Waals surface area contributed by atoms with Crippen LogP contribution >= 0.6 is 0 Å². The van der Waals surface area contributed by atoms with Gasteiger partial charge in [0, 0.05) is 12.2 Å². The van der Waals surface area contributed by atoms with E-state index in [0.29, 0.717) is 18.8 Å². The average molecular weight is 365 g/mol. The Morgan fingerprint density at radius 3 is 1.82 bits per heavy atom. The molecule has 0 rings (SSSR count). The number of hydrogen-bond acceptors (Lipinski definition) is 5. The lowest BCUT2D eigenvalue weighted by Crippen LogP contribution is -2.45. The van der Waals surface area contributed by atoms with Crippen LogP contribution in [-0.4, -0.2) is 45.3 Å². The lowest BCUT2D eigenvalue weighted by molar-refractivity contribution is -0.139. The second-order valence-electron chi connectivity index (χ2n) is 7.24. The van der Waals surface area contributed by atoms with Crippen LogP contribution in [0, 0.1) is 0 Å². The third kappa shape index (κ3) is 13.4.